The van der Waals surface area contributed by atoms with Crippen molar-refractivity contribution >= 4 is 15.9 Å². The summed E-state index contributed by atoms with van der Waals surface area (Å²) in [7, 11) is 0. The van der Waals surface area contributed by atoms with E-state index >= 15 is 0 Å². The molecule has 0 aliphatic heterocycles. The van der Waals surface area contributed by atoms with Gasteiger partial charge in [-0.1, -0.05) is 20.8 Å². The van der Waals surface area contributed by atoms with Gasteiger partial charge in [-0.25, -0.2) is 4.98 Å². The number of nitrogens with zero attached hydrogens (tertiary/aromatic N) is 1. The van der Waals surface area contributed by atoms with E-state index in [4.69, 9.17) is 0 Å². The first-order valence-corrected chi connectivity index (χ1v) is 6.05. The van der Waals surface area contributed by atoms with Crippen molar-refractivity contribution in [3.63, 3.8) is 0 Å². The summed E-state index contributed by atoms with van der Waals surface area (Å²) in [4.78, 5) is 4.09. The molecule has 0 aromatic carbocycles. The molecule has 1 aliphatic rings. The van der Waals surface area contributed by atoms with Gasteiger partial charge in [0.05, 0.1) is 5.69 Å². The summed E-state index contributed by atoms with van der Waals surface area (Å²) in [5.74, 6) is 0.119. The van der Waals surface area contributed by atoms with Gasteiger partial charge in [0.1, 0.15) is 0 Å². The Morgan fingerprint density at radius 2 is 2.00 bits per heavy atom. The normalized spacial score (nSPS) is 16.9. The molecule has 1 nitrogen and oxygen atoms in total. The minimum absolute atomic E-state index is 0.123. The van der Waals surface area contributed by atoms with Crippen LogP contribution < -0.4 is 0 Å². The fourth-order valence-electron chi connectivity index (χ4n) is 1.69. The van der Waals surface area contributed by atoms with Crippen LogP contribution in [0.3, 0.4) is 0 Å². The van der Waals surface area contributed by atoms with Crippen molar-refractivity contribution in [1.29, 1.82) is 0 Å². The number of hydrogen-bond donors (Lipinski definition) is 0. The summed E-state index contributed by atoms with van der Waals surface area (Å²) >= 11 is 3.48. The van der Waals surface area contributed by atoms with Crippen molar-refractivity contribution in [3.8, 4) is 0 Å². The first-order chi connectivity index (χ1) is 6.89. The van der Waals surface area contributed by atoms with Crippen LogP contribution in [-0.2, 0) is 5.41 Å². The van der Waals surface area contributed by atoms with Crippen LogP contribution in [0.25, 0.3) is 0 Å². The van der Waals surface area contributed by atoms with E-state index in [2.05, 4.69) is 20.9 Å². The van der Waals surface area contributed by atoms with Crippen LogP contribution in [0.2, 0.25) is 0 Å². The topological polar surface area (TPSA) is 12.9 Å². The fourth-order valence-corrected chi connectivity index (χ4v) is 2.62. The molecular formula is C12H15BrFN. The molecule has 1 fully saturated rings. The Bertz CT molecular complexity index is 391. The Labute approximate surface area is 98.2 Å². The number of hydrogen-bond acceptors (Lipinski definition) is 1. The number of aromatic nitrogens is 1. The van der Waals surface area contributed by atoms with Crippen molar-refractivity contribution in [2.75, 3.05) is 0 Å². The largest absolute Gasteiger partial charge is 0.223 e. The van der Waals surface area contributed by atoms with E-state index in [1.54, 1.807) is 0 Å². The monoisotopic (exact) mass is 271 g/mol. The Hall–Kier alpha value is -0.440. The summed E-state index contributed by atoms with van der Waals surface area (Å²) in [5.41, 5.74) is 1.45. The molecule has 1 aromatic rings. The highest BCUT2D eigenvalue weighted by molar-refractivity contribution is 9.10. The third-order valence-corrected chi connectivity index (χ3v) is 3.29. The molecule has 82 valence electrons. The average Bonchev–Trinajstić information content (AvgIpc) is 2.89. The average molecular weight is 272 g/mol. The lowest BCUT2D eigenvalue weighted by molar-refractivity contribution is 0.512. The Balaban J connectivity index is 2.47. The number of pyridine rings is 1. The molecule has 0 spiro atoms. The fraction of sp³-hybridized carbons (Fsp3) is 0.583. The second-order valence-corrected chi connectivity index (χ2v) is 6.08. The van der Waals surface area contributed by atoms with E-state index in [1.165, 1.54) is 0 Å². The predicted molar refractivity (Wildman–Crippen MR) is 62.6 cm³/mol. The maximum Gasteiger partial charge on any atom is 0.216 e. The van der Waals surface area contributed by atoms with E-state index in [-0.39, 0.29) is 11.4 Å². The molecule has 0 amide bonds. The van der Waals surface area contributed by atoms with Crippen molar-refractivity contribution in [2.45, 2.75) is 44.9 Å². The molecule has 15 heavy (non-hydrogen) atoms. The summed E-state index contributed by atoms with van der Waals surface area (Å²) in [6.45, 7) is 6.11. The van der Waals surface area contributed by atoms with Crippen molar-refractivity contribution in [3.05, 3.63) is 27.7 Å². The molecule has 3 heteroatoms. The zero-order chi connectivity index (χ0) is 11.2. The van der Waals surface area contributed by atoms with Gasteiger partial charge in [-0.15, -0.1) is 0 Å². The van der Waals surface area contributed by atoms with Crippen LogP contribution in [0.5, 0.6) is 0 Å². The van der Waals surface area contributed by atoms with Crippen LogP contribution in [-0.4, -0.2) is 4.98 Å². The van der Waals surface area contributed by atoms with E-state index in [1.807, 2.05) is 26.8 Å². The Morgan fingerprint density at radius 1 is 1.40 bits per heavy atom. The number of rotatable bonds is 1. The number of halogens is 2. The second kappa shape index (κ2) is 3.55. The maximum absolute atomic E-state index is 13.7. The van der Waals surface area contributed by atoms with Crippen molar-refractivity contribution in [1.82, 2.24) is 4.98 Å². The van der Waals surface area contributed by atoms with Gasteiger partial charge < -0.3 is 0 Å². The zero-order valence-corrected chi connectivity index (χ0v) is 10.9. The van der Waals surface area contributed by atoms with E-state index in [0.29, 0.717) is 5.92 Å². The highest BCUT2D eigenvalue weighted by atomic mass is 79.9. The van der Waals surface area contributed by atoms with Crippen molar-refractivity contribution < 1.29 is 4.39 Å². The van der Waals surface area contributed by atoms with Gasteiger partial charge in [0.25, 0.3) is 0 Å². The SMILES string of the molecule is CC(C)(C)c1nc(F)c(C2CC2)cc1Br. The highest BCUT2D eigenvalue weighted by Gasteiger charge is 2.29. The molecule has 0 atom stereocenters. The minimum Gasteiger partial charge on any atom is -0.223 e. The molecule has 1 heterocycles. The summed E-state index contributed by atoms with van der Waals surface area (Å²) in [6.07, 6.45) is 2.19. The van der Waals surface area contributed by atoms with E-state index < -0.39 is 0 Å². The highest BCUT2D eigenvalue weighted by Crippen LogP contribution is 2.42. The van der Waals surface area contributed by atoms with Crippen LogP contribution >= 0.6 is 15.9 Å². The quantitative estimate of drug-likeness (QED) is 0.699. The lowest BCUT2D eigenvalue weighted by Crippen LogP contribution is -2.16. The lowest BCUT2D eigenvalue weighted by Gasteiger charge is -2.20. The molecule has 0 unspecified atom stereocenters. The molecule has 1 aliphatic carbocycles. The molecular weight excluding hydrogens is 257 g/mol. The molecule has 0 bridgehead atoms. The molecule has 2 rings (SSSR count). The Kier molecular flexibility index (Phi) is 2.61. The molecule has 0 N–H and O–H groups in total. The summed E-state index contributed by atoms with van der Waals surface area (Å²) in [5, 5.41) is 0. The van der Waals surface area contributed by atoms with E-state index in [0.717, 1.165) is 28.6 Å². The Morgan fingerprint density at radius 3 is 2.47 bits per heavy atom. The molecule has 1 aromatic heterocycles. The molecule has 0 saturated heterocycles. The zero-order valence-electron chi connectivity index (χ0n) is 9.27. The van der Waals surface area contributed by atoms with Crippen LogP contribution in [0.15, 0.2) is 10.5 Å². The van der Waals surface area contributed by atoms with E-state index in [9.17, 15) is 4.39 Å². The maximum atomic E-state index is 13.7. The first-order valence-electron chi connectivity index (χ1n) is 5.26. The van der Waals surface area contributed by atoms with Crippen molar-refractivity contribution in [2.24, 2.45) is 0 Å². The van der Waals surface area contributed by atoms with Crippen LogP contribution in [0.1, 0.15) is 50.8 Å². The first kappa shape index (κ1) is 11.1. The van der Waals surface area contributed by atoms with Gasteiger partial charge in [0.15, 0.2) is 0 Å². The van der Waals surface area contributed by atoms with Gasteiger partial charge in [0, 0.05) is 15.5 Å². The van der Waals surface area contributed by atoms with Gasteiger partial charge in [0.2, 0.25) is 5.95 Å². The van der Waals surface area contributed by atoms with Crippen LogP contribution in [0, 0.1) is 5.95 Å². The van der Waals surface area contributed by atoms with Gasteiger partial charge in [-0.05, 0) is 40.8 Å². The third kappa shape index (κ3) is 2.22. The summed E-state index contributed by atoms with van der Waals surface area (Å²) in [6, 6.07) is 1.90. The van der Waals surface area contributed by atoms with Gasteiger partial charge >= 0.3 is 0 Å². The second-order valence-electron chi connectivity index (χ2n) is 5.22. The molecule has 0 radical (unpaired) electrons. The minimum atomic E-state index is -0.286. The smallest absolute Gasteiger partial charge is 0.216 e. The van der Waals surface area contributed by atoms with Crippen LogP contribution in [0.4, 0.5) is 4.39 Å². The standard InChI is InChI=1S/C12H15BrFN/c1-12(2,3)10-9(13)6-8(7-4-5-7)11(14)15-10/h6-7H,4-5H2,1-3H3. The predicted octanol–water partition coefficient (Wildman–Crippen LogP) is 4.16. The summed E-state index contributed by atoms with van der Waals surface area (Å²) < 4.78 is 14.6. The van der Waals surface area contributed by atoms with Gasteiger partial charge in [-0.3, -0.25) is 0 Å². The molecule has 1 saturated carbocycles. The van der Waals surface area contributed by atoms with Gasteiger partial charge in [-0.2, -0.15) is 4.39 Å². The third-order valence-electron chi connectivity index (χ3n) is 2.68. The lowest BCUT2D eigenvalue weighted by atomic mass is 9.91.